The zero-order valence-electron chi connectivity index (χ0n) is 15.4. The molecular weight excluding hydrogens is 352 g/mol. The summed E-state index contributed by atoms with van der Waals surface area (Å²) >= 11 is 0. The zero-order chi connectivity index (χ0) is 19.3. The van der Waals surface area contributed by atoms with E-state index in [0.29, 0.717) is 29.1 Å². The van der Waals surface area contributed by atoms with Crippen LogP contribution in [-0.2, 0) is 10.0 Å². The van der Waals surface area contributed by atoms with Gasteiger partial charge in [0.15, 0.2) is 0 Å². The Kier molecular flexibility index (Phi) is 6.26. The molecule has 0 aliphatic rings. The molecule has 0 fully saturated rings. The van der Waals surface area contributed by atoms with Crippen LogP contribution in [0.3, 0.4) is 0 Å². The second-order valence-corrected chi connectivity index (χ2v) is 7.69. The third kappa shape index (κ3) is 4.54. The number of hydrogen-bond acceptors (Lipinski definition) is 4. The number of aryl methyl sites for hydroxylation is 1. The Morgan fingerprint density at radius 1 is 1.15 bits per heavy atom. The zero-order valence-corrected chi connectivity index (χ0v) is 16.3. The van der Waals surface area contributed by atoms with Crippen molar-refractivity contribution >= 4 is 21.6 Å². The molecule has 140 valence electrons. The van der Waals surface area contributed by atoms with Gasteiger partial charge in [0.25, 0.3) is 15.9 Å². The molecule has 0 radical (unpaired) electrons. The smallest absolute Gasteiger partial charge is 0.262 e. The van der Waals surface area contributed by atoms with E-state index in [1.165, 1.54) is 6.07 Å². The Morgan fingerprint density at radius 3 is 2.38 bits per heavy atom. The summed E-state index contributed by atoms with van der Waals surface area (Å²) in [4.78, 5) is 14.1. The number of sulfonamides is 1. The number of nitrogens with zero attached hydrogens (tertiary/aromatic N) is 1. The largest absolute Gasteiger partial charge is 0.497 e. The number of nitrogens with one attached hydrogen (secondary N) is 1. The minimum Gasteiger partial charge on any atom is -0.497 e. The van der Waals surface area contributed by atoms with Crippen LogP contribution in [0, 0.1) is 6.92 Å². The molecule has 0 unspecified atom stereocenters. The van der Waals surface area contributed by atoms with Gasteiger partial charge in [-0.3, -0.25) is 9.52 Å². The Hall–Kier alpha value is -2.54. The Labute approximate surface area is 154 Å². The minimum atomic E-state index is -3.82. The van der Waals surface area contributed by atoms with E-state index in [1.54, 1.807) is 62.4 Å². The molecule has 6 nitrogen and oxygen atoms in total. The van der Waals surface area contributed by atoms with E-state index in [4.69, 9.17) is 4.74 Å². The highest BCUT2D eigenvalue weighted by atomic mass is 32.2. The first-order chi connectivity index (χ1) is 12.3. The number of anilines is 1. The molecule has 0 heterocycles. The van der Waals surface area contributed by atoms with Crippen LogP contribution in [0.15, 0.2) is 47.4 Å². The van der Waals surface area contributed by atoms with Crippen molar-refractivity contribution in [1.82, 2.24) is 4.90 Å². The lowest BCUT2D eigenvalue weighted by Crippen LogP contribution is -2.27. The fourth-order valence-electron chi connectivity index (χ4n) is 2.55. The standard InChI is InChI=1S/C19H24N2O4S/c1-5-12-21(3)19(22)15-7-6-14(2)18(13-15)26(23,24)20-16-8-10-17(25-4)11-9-16/h6-11,13,20H,5,12H2,1-4H3. The highest BCUT2D eigenvalue weighted by molar-refractivity contribution is 7.92. The van der Waals surface area contributed by atoms with E-state index in [1.807, 2.05) is 6.92 Å². The summed E-state index contributed by atoms with van der Waals surface area (Å²) in [6.07, 6.45) is 0.832. The van der Waals surface area contributed by atoms with Crippen molar-refractivity contribution in [3.05, 3.63) is 53.6 Å². The molecule has 0 saturated carbocycles. The highest BCUT2D eigenvalue weighted by Gasteiger charge is 2.20. The van der Waals surface area contributed by atoms with E-state index < -0.39 is 10.0 Å². The van der Waals surface area contributed by atoms with E-state index in [0.717, 1.165) is 6.42 Å². The molecule has 1 N–H and O–H groups in total. The molecule has 0 aliphatic carbocycles. The number of rotatable bonds is 7. The summed E-state index contributed by atoms with van der Waals surface area (Å²) in [5.41, 5.74) is 1.34. The first-order valence-electron chi connectivity index (χ1n) is 8.31. The SMILES string of the molecule is CCCN(C)C(=O)c1ccc(C)c(S(=O)(=O)Nc2ccc(OC)cc2)c1. The van der Waals surface area contributed by atoms with Crippen molar-refractivity contribution in [3.63, 3.8) is 0 Å². The molecule has 26 heavy (non-hydrogen) atoms. The summed E-state index contributed by atoms with van der Waals surface area (Å²) < 4.78 is 33.2. The lowest BCUT2D eigenvalue weighted by Gasteiger charge is -2.17. The predicted octanol–water partition coefficient (Wildman–Crippen LogP) is 3.29. The van der Waals surface area contributed by atoms with Gasteiger partial charge >= 0.3 is 0 Å². The number of carbonyl (C=O) groups is 1. The maximum Gasteiger partial charge on any atom is 0.262 e. The number of benzene rings is 2. The van der Waals surface area contributed by atoms with E-state index in [2.05, 4.69) is 4.72 Å². The number of amides is 1. The van der Waals surface area contributed by atoms with Gasteiger partial charge in [0, 0.05) is 24.8 Å². The summed E-state index contributed by atoms with van der Waals surface area (Å²) in [5.74, 6) is 0.434. The molecule has 0 aromatic heterocycles. The van der Waals surface area contributed by atoms with Gasteiger partial charge in [-0.25, -0.2) is 8.42 Å². The summed E-state index contributed by atoms with van der Waals surface area (Å²) in [5, 5.41) is 0. The van der Waals surface area contributed by atoms with Crippen LogP contribution in [0.25, 0.3) is 0 Å². The van der Waals surface area contributed by atoms with Crippen LogP contribution in [0.1, 0.15) is 29.3 Å². The van der Waals surface area contributed by atoms with Crippen molar-refractivity contribution in [3.8, 4) is 5.75 Å². The number of ether oxygens (including phenoxy) is 1. The third-order valence-corrected chi connectivity index (χ3v) is 5.50. The summed E-state index contributed by atoms with van der Waals surface area (Å²) in [6, 6.07) is 11.3. The van der Waals surface area contributed by atoms with Gasteiger partial charge in [-0.05, 0) is 55.3 Å². The van der Waals surface area contributed by atoms with Crippen LogP contribution >= 0.6 is 0 Å². The van der Waals surface area contributed by atoms with Gasteiger partial charge in [-0.15, -0.1) is 0 Å². The monoisotopic (exact) mass is 376 g/mol. The molecule has 0 aliphatic heterocycles. The first-order valence-corrected chi connectivity index (χ1v) is 9.79. The molecule has 0 saturated heterocycles. The van der Waals surface area contributed by atoms with Gasteiger partial charge in [-0.2, -0.15) is 0 Å². The Morgan fingerprint density at radius 2 is 1.81 bits per heavy atom. The lowest BCUT2D eigenvalue weighted by atomic mass is 10.1. The van der Waals surface area contributed by atoms with E-state index in [-0.39, 0.29) is 10.8 Å². The number of carbonyl (C=O) groups excluding carboxylic acids is 1. The summed E-state index contributed by atoms with van der Waals surface area (Å²) in [6.45, 7) is 4.29. The van der Waals surface area contributed by atoms with Gasteiger partial charge in [0.05, 0.1) is 12.0 Å². The van der Waals surface area contributed by atoms with Crippen LogP contribution < -0.4 is 9.46 Å². The molecule has 7 heteroatoms. The van der Waals surface area contributed by atoms with Crippen molar-refractivity contribution in [2.24, 2.45) is 0 Å². The van der Waals surface area contributed by atoms with Gasteiger partial charge in [0.1, 0.15) is 5.75 Å². The van der Waals surface area contributed by atoms with Gasteiger partial charge in [-0.1, -0.05) is 13.0 Å². The average Bonchev–Trinajstić information content (AvgIpc) is 2.62. The topological polar surface area (TPSA) is 75.7 Å². The van der Waals surface area contributed by atoms with Crippen LogP contribution in [0.4, 0.5) is 5.69 Å². The van der Waals surface area contributed by atoms with Gasteiger partial charge in [0.2, 0.25) is 0 Å². The van der Waals surface area contributed by atoms with Crippen LogP contribution in [0.2, 0.25) is 0 Å². The van der Waals surface area contributed by atoms with Gasteiger partial charge < -0.3 is 9.64 Å². The maximum absolute atomic E-state index is 12.8. The van der Waals surface area contributed by atoms with Crippen molar-refractivity contribution in [2.75, 3.05) is 25.4 Å². The Balaban J connectivity index is 2.32. The normalized spacial score (nSPS) is 11.1. The molecule has 2 aromatic rings. The minimum absolute atomic E-state index is 0.0871. The first kappa shape index (κ1) is 19.8. The summed E-state index contributed by atoms with van der Waals surface area (Å²) in [7, 11) is -0.573. The molecule has 0 bridgehead atoms. The van der Waals surface area contributed by atoms with E-state index in [9.17, 15) is 13.2 Å². The molecule has 0 atom stereocenters. The lowest BCUT2D eigenvalue weighted by molar-refractivity contribution is 0.0795. The second kappa shape index (κ2) is 8.23. The number of methoxy groups -OCH3 is 1. The molecule has 0 spiro atoms. The van der Waals surface area contributed by atoms with E-state index >= 15 is 0 Å². The fraction of sp³-hybridized carbons (Fsp3) is 0.316. The molecular formula is C19H24N2O4S. The Bertz CT molecular complexity index is 877. The van der Waals surface area contributed by atoms with Crippen LogP contribution in [-0.4, -0.2) is 39.9 Å². The molecule has 1 amide bonds. The van der Waals surface area contributed by atoms with Crippen molar-refractivity contribution < 1.29 is 17.9 Å². The van der Waals surface area contributed by atoms with Crippen molar-refractivity contribution in [1.29, 1.82) is 0 Å². The highest BCUT2D eigenvalue weighted by Crippen LogP contribution is 2.23. The average molecular weight is 376 g/mol. The molecule has 2 aromatic carbocycles. The quantitative estimate of drug-likeness (QED) is 0.805. The fourth-order valence-corrected chi connectivity index (χ4v) is 3.88. The van der Waals surface area contributed by atoms with Crippen molar-refractivity contribution in [2.45, 2.75) is 25.2 Å². The maximum atomic E-state index is 12.8. The second-order valence-electron chi connectivity index (χ2n) is 6.04. The molecule has 2 rings (SSSR count). The predicted molar refractivity (Wildman–Crippen MR) is 102 cm³/mol. The third-order valence-electron chi connectivity index (χ3n) is 3.97. The van der Waals surface area contributed by atoms with Crippen LogP contribution in [0.5, 0.6) is 5.75 Å². The number of hydrogen-bond donors (Lipinski definition) is 1.